The second-order valence-corrected chi connectivity index (χ2v) is 10.5. The quantitative estimate of drug-likeness (QED) is 0.372. The van der Waals surface area contributed by atoms with Crippen molar-refractivity contribution >= 4 is 50.6 Å². The van der Waals surface area contributed by atoms with Crippen molar-refractivity contribution in [2.45, 2.75) is 43.9 Å². The SMILES string of the molecule is Cc1nc(NC(=O)CC2CCCC2)sc1-c1ccc(Cl)c(S(=O)Nc2cccc(O)c2)c1. The van der Waals surface area contributed by atoms with Crippen molar-refractivity contribution in [2.75, 3.05) is 10.0 Å². The van der Waals surface area contributed by atoms with Crippen molar-refractivity contribution < 1.29 is 14.1 Å². The Morgan fingerprint density at radius 3 is 2.78 bits per heavy atom. The molecule has 0 radical (unpaired) electrons. The summed E-state index contributed by atoms with van der Waals surface area (Å²) in [4.78, 5) is 18.2. The van der Waals surface area contributed by atoms with Gasteiger partial charge in [-0.2, -0.15) is 0 Å². The van der Waals surface area contributed by atoms with Crippen molar-refractivity contribution in [3.05, 3.63) is 53.2 Å². The van der Waals surface area contributed by atoms with Gasteiger partial charge in [0, 0.05) is 12.5 Å². The van der Waals surface area contributed by atoms with Gasteiger partial charge in [-0.15, -0.1) is 0 Å². The smallest absolute Gasteiger partial charge is 0.226 e. The van der Waals surface area contributed by atoms with Crippen molar-refractivity contribution in [1.82, 2.24) is 4.98 Å². The van der Waals surface area contributed by atoms with Crippen LogP contribution in [-0.2, 0) is 15.8 Å². The van der Waals surface area contributed by atoms with E-state index in [0.29, 0.717) is 33.1 Å². The molecule has 1 saturated carbocycles. The molecule has 2 aromatic carbocycles. The summed E-state index contributed by atoms with van der Waals surface area (Å²) in [7, 11) is -1.63. The number of amides is 1. The van der Waals surface area contributed by atoms with Gasteiger partial charge in [-0.1, -0.05) is 47.9 Å². The standard InChI is InChI=1S/C23H24ClN3O3S2/c1-14-22(31-23(25-14)26-21(29)11-15-5-2-3-6-15)16-9-10-19(24)20(12-16)32(30)27-17-7-4-8-18(28)13-17/h4,7-10,12-13,15,27-28H,2-3,5-6,11H2,1H3,(H,25,26,29). The van der Waals surface area contributed by atoms with Crippen LogP contribution < -0.4 is 10.0 Å². The third kappa shape index (κ3) is 5.49. The fourth-order valence-corrected chi connectivity index (χ4v) is 6.12. The molecule has 3 aromatic rings. The molecule has 0 aliphatic heterocycles. The zero-order valence-corrected chi connectivity index (χ0v) is 19.9. The average molecular weight is 490 g/mol. The first-order chi connectivity index (χ1) is 15.4. The lowest BCUT2D eigenvalue weighted by molar-refractivity contribution is -0.117. The van der Waals surface area contributed by atoms with Gasteiger partial charge in [-0.05, 0) is 55.5 Å². The zero-order valence-electron chi connectivity index (χ0n) is 17.6. The minimum Gasteiger partial charge on any atom is -0.508 e. The summed E-state index contributed by atoms with van der Waals surface area (Å²) in [6, 6.07) is 11.7. The second kappa shape index (κ2) is 10.0. The number of phenols is 1. The Bertz CT molecular complexity index is 1160. The van der Waals surface area contributed by atoms with Crippen molar-refractivity contribution in [3.63, 3.8) is 0 Å². The summed E-state index contributed by atoms with van der Waals surface area (Å²) in [5.41, 5.74) is 2.12. The molecule has 1 aliphatic rings. The van der Waals surface area contributed by atoms with Crippen LogP contribution >= 0.6 is 22.9 Å². The molecule has 1 atom stereocenters. The fourth-order valence-electron chi connectivity index (χ4n) is 3.88. The second-order valence-electron chi connectivity index (χ2n) is 7.90. The van der Waals surface area contributed by atoms with E-state index in [0.717, 1.165) is 29.0 Å². The van der Waals surface area contributed by atoms with Gasteiger partial charge < -0.3 is 15.1 Å². The molecule has 32 heavy (non-hydrogen) atoms. The van der Waals surface area contributed by atoms with Crippen LogP contribution in [0.2, 0.25) is 5.02 Å². The predicted molar refractivity (Wildman–Crippen MR) is 131 cm³/mol. The fraction of sp³-hybridized carbons (Fsp3) is 0.304. The molecule has 0 bridgehead atoms. The minimum atomic E-state index is -1.63. The van der Waals surface area contributed by atoms with E-state index in [-0.39, 0.29) is 11.7 Å². The van der Waals surface area contributed by atoms with Gasteiger partial charge in [-0.3, -0.25) is 4.79 Å². The molecule has 1 heterocycles. The molecule has 0 spiro atoms. The summed E-state index contributed by atoms with van der Waals surface area (Å²) in [6.07, 6.45) is 5.20. The first kappa shape index (κ1) is 22.8. The van der Waals surface area contributed by atoms with Gasteiger partial charge in [-0.25, -0.2) is 9.19 Å². The monoisotopic (exact) mass is 489 g/mol. The van der Waals surface area contributed by atoms with Crippen LogP contribution in [-0.4, -0.2) is 20.2 Å². The molecule has 168 valence electrons. The molecule has 1 fully saturated rings. The van der Waals surface area contributed by atoms with Crippen LogP contribution in [0.5, 0.6) is 5.75 Å². The third-order valence-corrected chi connectivity index (χ3v) is 8.16. The first-order valence-corrected chi connectivity index (χ1v) is 12.8. The highest BCUT2D eigenvalue weighted by molar-refractivity contribution is 7.86. The lowest BCUT2D eigenvalue weighted by Gasteiger charge is -2.10. The van der Waals surface area contributed by atoms with Crippen LogP contribution in [0.1, 0.15) is 37.8 Å². The van der Waals surface area contributed by atoms with E-state index in [2.05, 4.69) is 15.0 Å². The number of halogens is 1. The van der Waals surface area contributed by atoms with Gasteiger partial charge >= 0.3 is 0 Å². The topological polar surface area (TPSA) is 91.3 Å². The van der Waals surface area contributed by atoms with Crippen LogP contribution in [0.4, 0.5) is 10.8 Å². The number of aromatic nitrogens is 1. The van der Waals surface area contributed by atoms with E-state index in [1.165, 1.54) is 30.2 Å². The van der Waals surface area contributed by atoms with Crippen LogP contribution in [0.15, 0.2) is 47.4 Å². The number of benzene rings is 2. The highest BCUT2D eigenvalue weighted by atomic mass is 35.5. The van der Waals surface area contributed by atoms with Crippen molar-refractivity contribution in [2.24, 2.45) is 5.92 Å². The Hall–Kier alpha value is -2.42. The number of thiazole rings is 1. The van der Waals surface area contributed by atoms with Gasteiger partial charge in [0.25, 0.3) is 0 Å². The summed E-state index contributed by atoms with van der Waals surface area (Å²) in [5.74, 6) is 0.559. The van der Waals surface area contributed by atoms with E-state index >= 15 is 0 Å². The summed E-state index contributed by atoms with van der Waals surface area (Å²) in [5, 5.41) is 13.5. The molecule has 4 rings (SSSR count). The third-order valence-electron chi connectivity index (χ3n) is 5.44. The summed E-state index contributed by atoms with van der Waals surface area (Å²) < 4.78 is 15.8. The number of hydrogen-bond donors (Lipinski definition) is 3. The van der Waals surface area contributed by atoms with Crippen LogP contribution in [0, 0.1) is 12.8 Å². The maximum Gasteiger partial charge on any atom is 0.226 e. The number of aryl methyl sites for hydroxylation is 1. The lowest BCUT2D eigenvalue weighted by Crippen LogP contribution is -2.14. The normalized spacial score (nSPS) is 14.9. The largest absolute Gasteiger partial charge is 0.508 e. The molecule has 9 heteroatoms. The number of anilines is 2. The van der Waals surface area contributed by atoms with Crippen molar-refractivity contribution in [3.8, 4) is 16.2 Å². The molecule has 3 N–H and O–H groups in total. The highest BCUT2D eigenvalue weighted by Crippen LogP contribution is 2.36. The number of hydrogen-bond acceptors (Lipinski definition) is 5. The number of nitrogens with one attached hydrogen (secondary N) is 2. The first-order valence-electron chi connectivity index (χ1n) is 10.4. The molecule has 1 unspecified atom stereocenters. The number of phenolic OH excluding ortho intramolecular Hbond substituents is 1. The Balaban J connectivity index is 1.51. The number of aromatic hydroxyl groups is 1. The Morgan fingerprint density at radius 1 is 1.25 bits per heavy atom. The lowest BCUT2D eigenvalue weighted by atomic mass is 10.0. The molecule has 0 saturated heterocycles. The van der Waals surface area contributed by atoms with E-state index in [4.69, 9.17) is 11.6 Å². The summed E-state index contributed by atoms with van der Waals surface area (Å²) >= 11 is 7.71. The van der Waals surface area contributed by atoms with Gasteiger partial charge in [0.15, 0.2) is 16.1 Å². The zero-order chi connectivity index (χ0) is 22.7. The van der Waals surface area contributed by atoms with E-state index in [9.17, 15) is 14.1 Å². The Labute approximate surface area is 198 Å². The van der Waals surface area contributed by atoms with E-state index in [1.54, 1.807) is 30.3 Å². The van der Waals surface area contributed by atoms with Crippen LogP contribution in [0.25, 0.3) is 10.4 Å². The van der Waals surface area contributed by atoms with Crippen LogP contribution in [0.3, 0.4) is 0 Å². The minimum absolute atomic E-state index is 0.00501. The van der Waals surface area contributed by atoms with Crippen molar-refractivity contribution in [1.29, 1.82) is 0 Å². The number of rotatable bonds is 7. The maximum absolute atomic E-state index is 12.9. The van der Waals surface area contributed by atoms with Gasteiger partial charge in [0.1, 0.15) is 5.75 Å². The van der Waals surface area contributed by atoms with Gasteiger partial charge in [0.05, 0.1) is 26.2 Å². The maximum atomic E-state index is 12.9. The predicted octanol–water partition coefficient (Wildman–Crippen LogP) is 6.13. The average Bonchev–Trinajstić information content (AvgIpc) is 3.37. The summed E-state index contributed by atoms with van der Waals surface area (Å²) in [6.45, 7) is 1.88. The van der Waals surface area contributed by atoms with Gasteiger partial charge in [0.2, 0.25) is 5.91 Å². The molecule has 6 nitrogen and oxygen atoms in total. The molecule has 1 amide bonds. The van der Waals surface area contributed by atoms with E-state index < -0.39 is 11.0 Å². The number of carbonyl (C=O) groups is 1. The molecule has 1 aromatic heterocycles. The molecular weight excluding hydrogens is 466 g/mol. The Morgan fingerprint density at radius 2 is 2.03 bits per heavy atom. The number of carbonyl (C=O) groups excluding carboxylic acids is 1. The van der Waals surface area contributed by atoms with E-state index in [1.807, 2.05) is 13.0 Å². The Kier molecular flexibility index (Phi) is 7.13. The molecular formula is C23H24ClN3O3S2. The highest BCUT2D eigenvalue weighted by Gasteiger charge is 2.20. The number of nitrogens with zero attached hydrogens (tertiary/aromatic N) is 1. The molecule has 1 aliphatic carbocycles.